The molecule has 6 aromatic carbocycles. The minimum absolute atomic E-state index is 0.932. The summed E-state index contributed by atoms with van der Waals surface area (Å²) in [6.45, 7) is 0. The van der Waals surface area contributed by atoms with Crippen molar-refractivity contribution in [2.45, 2.75) is 0 Å². The zero-order valence-corrected chi connectivity index (χ0v) is 19.3. The highest BCUT2D eigenvalue weighted by atomic mass is 16.3. The van der Waals surface area contributed by atoms with Crippen LogP contribution in [0.1, 0.15) is 0 Å². The molecule has 0 bridgehead atoms. The van der Waals surface area contributed by atoms with Crippen molar-refractivity contribution >= 4 is 70.8 Å². The van der Waals surface area contributed by atoms with Crippen LogP contribution in [0.4, 0.5) is 0 Å². The molecule has 0 fully saturated rings. The molecular weight excluding hydrogens is 438 g/mol. The van der Waals surface area contributed by atoms with Gasteiger partial charge in [-0.3, -0.25) is 0 Å². The van der Waals surface area contributed by atoms with E-state index in [1.54, 1.807) is 0 Å². The fraction of sp³-hybridized carbons (Fsp3) is 0. The van der Waals surface area contributed by atoms with Gasteiger partial charge < -0.3 is 8.82 Å². The molecule has 9 aromatic rings. The third kappa shape index (κ3) is 2.18. The molecule has 9 rings (SSSR count). The van der Waals surface area contributed by atoms with E-state index < -0.39 is 0 Å². The molecule has 2 nitrogen and oxygen atoms in total. The SMILES string of the molecule is c1ccc2c(c1)oc1c3ccccc3c(-c3ccc4c(c3)c3cccc5c6ccccc6n4c53)cc21. The van der Waals surface area contributed by atoms with Crippen LogP contribution in [-0.2, 0) is 0 Å². The molecule has 0 saturated carbocycles. The molecule has 2 heteroatoms. The Morgan fingerprint density at radius 3 is 2.00 bits per heavy atom. The molecule has 0 amide bonds. The van der Waals surface area contributed by atoms with E-state index in [0.717, 1.165) is 21.9 Å². The quantitative estimate of drug-likeness (QED) is 0.240. The second kappa shape index (κ2) is 6.44. The van der Waals surface area contributed by atoms with Crippen LogP contribution in [0.3, 0.4) is 0 Å². The van der Waals surface area contributed by atoms with E-state index in [1.165, 1.54) is 60.0 Å². The van der Waals surface area contributed by atoms with Crippen LogP contribution in [0.15, 0.2) is 120 Å². The highest BCUT2D eigenvalue weighted by molar-refractivity contribution is 6.24. The topological polar surface area (TPSA) is 17.6 Å². The van der Waals surface area contributed by atoms with Crippen molar-refractivity contribution in [3.63, 3.8) is 0 Å². The Kier molecular flexibility index (Phi) is 3.31. The van der Waals surface area contributed by atoms with Gasteiger partial charge >= 0.3 is 0 Å². The second-order valence-corrected chi connectivity index (χ2v) is 9.73. The first-order valence-electron chi connectivity index (χ1n) is 12.4. The monoisotopic (exact) mass is 457 g/mol. The van der Waals surface area contributed by atoms with Crippen LogP contribution < -0.4 is 0 Å². The normalized spacial score (nSPS) is 12.4. The van der Waals surface area contributed by atoms with Gasteiger partial charge in [-0.2, -0.15) is 0 Å². The van der Waals surface area contributed by atoms with Crippen LogP contribution in [0.2, 0.25) is 0 Å². The molecule has 36 heavy (non-hydrogen) atoms. The molecule has 0 radical (unpaired) electrons. The number of aromatic nitrogens is 1. The average Bonchev–Trinajstić information content (AvgIpc) is 3.59. The largest absolute Gasteiger partial charge is 0.455 e. The van der Waals surface area contributed by atoms with Gasteiger partial charge in [0.05, 0.1) is 16.6 Å². The van der Waals surface area contributed by atoms with E-state index in [9.17, 15) is 0 Å². The number of benzene rings is 6. The van der Waals surface area contributed by atoms with Gasteiger partial charge in [-0.05, 0) is 46.8 Å². The van der Waals surface area contributed by atoms with Gasteiger partial charge in [0, 0.05) is 37.7 Å². The minimum atomic E-state index is 0.932. The Morgan fingerprint density at radius 2 is 1.11 bits per heavy atom. The molecule has 3 heterocycles. The van der Waals surface area contributed by atoms with Crippen LogP contribution in [0.5, 0.6) is 0 Å². The van der Waals surface area contributed by atoms with Crippen LogP contribution >= 0.6 is 0 Å². The van der Waals surface area contributed by atoms with Crippen LogP contribution in [-0.4, -0.2) is 4.40 Å². The van der Waals surface area contributed by atoms with E-state index in [0.29, 0.717) is 0 Å². The molecule has 0 aliphatic carbocycles. The Morgan fingerprint density at radius 1 is 0.444 bits per heavy atom. The maximum absolute atomic E-state index is 6.34. The van der Waals surface area contributed by atoms with Crippen molar-refractivity contribution in [3.05, 3.63) is 115 Å². The third-order valence-corrected chi connectivity index (χ3v) is 7.92. The molecule has 0 spiro atoms. The zero-order chi connectivity index (χ0) is 23.4. The summed E-state index contributed by atoms with van der Waals surface area (Å²) < 4.78 is 8.77. The van der Waals surface area contributed by atoms with Gasteiger partial charge in [-0.15, -0.1) is 0 Å². The summed E-state index contributed by atoms with van der Waals surface area (Å²) in [6.07, 6.45) is 0. The predicted octanol–water partition coefficient (Wildman–Crippen LogP) is 9.56. The van der Waals surface area contributed by atoms with Gasteiger partial charge in [0.2, 0.25) is 0 Å². The fourth-order valence-electron chi connectivity index (χ4n) is 6.39. The maximum atomic E-state index is 6.34. The lowest BCUT2D eigenvalue weighted by Crippen LogP contribution is -1.84. The van der Waals surface area contributed by atoms with Crippen LogP contribution in [0, 0.1) is 0 Å². The predicted molar refractivity (Wildman–Crippen MR) is 151 cm³/mol. The molecule has 0 N–H and O–H groups in total. The molecule has 0 saturated heterocycles. The number of nitrogens with zero attached hydrogens (tertiary/aromatic N) is 1. The minimum Gasteiger partial charge on any atom is -0.455 e. The third-order valence-electron chi connectivity index (χ3n) is 7.92. The van der Waals surface area contributed by atoms with Crippen molar-refractivity contribution < 1.29 is 4.42 Å². The van der Waals surface area contributed by atoms with Crippen molar-refractivity contribution in [2.75, 3.05) is 0 Å². The maximum Gasteiger partial charge on any atom is 0.143 e. The molecule has 0 atom stereocenters. The highest BCUT2D eigenvalue weighted by Gasteiger charge is 2.19. The van der Waals surface area contributed by atoms with E-state index >= 15 is 0 Å². The summed E-state index contributed by atoms with van der Waals surface area (Å²) in [5, 5.41) is 9.92. The Hall–Kier alpha value is -4.82. The van der Waals surface area contributed by atoms with Gasteiger partial charge in [-0.1, -0.05) is 84.9 Å². The molecule has 0 aliphatic heterocycles. The van der Waals surface area contributed by atoms with E-state index in [1.807, 2.05) is 6.07 Å². The summed E-state index contributed by atoms with van der Waals surface area (Å²) in [6, 6.07) is 41.6. The van der Waals surface area contributed by atoms with E-state index in [-0.39, 0.29) is 0 Å². The zero-order valence-electron chi connectivity index (χ0n) is 19.3. The first-order valence-corrected chi connectivity index (χ1v) is 12.4. The van der Waals surface area contributed by atoms with Gasteiger partial charge in [0.15, 0.2) is 0 Å². The molecule has 0 aliphatic rings. The van der Waals surface area contributed by atoms with Crippen molar-refractivity contribution in [3.8, 4) is 11.1 Å². The highest BCUT2D eigenvalue weighted by Crippen LogP contribution is 2.43. The fourth-order valence-corrected chi connectivity index (χ4v) is 6.39. The summed E-state index contributed by atoms with van der Waals surface area (Å²) >= 11 is 0. The summed E-state index contributed by atoms with van der Waals surface area (Å²) in [4.78, 5) is 0. The van der Waals surface area contributed by atoms with Crippen molar-refractivity contribution in [1.29, 1.82) is 0 Å². The lowest BCUT2D eigenvalue weighted by Gasteiger charge is -2.09. The smallest absolute Gasteiger partial charge is 0.143 e. The van der Waals surface area contributed by atoms with Gasteiger partial charge in [0.25, 0.3) is 0 Å². The second-order valence-electron chi connectivity index (χ2n) is 9.73. The molecule has 166 valence electrons. The van der Waals surface area contributed by atoms with E-state index in [4.69, 9.17) is 4.42 Å². The summed E-state index contributed by atoms with van der Waals surface area (Å²) in [5.41, 5.74) is 8.19. The summed E-state index contributed by atoms with van der Waals surface area (Å²) in [5.74, 6) is 0. The lowest BCUT2D eigenvalue weighted by atomic mass is 9.94. The van der Waals surface area contributed by atoms with E-state index in [2.05, 4.69) is 114 Å². The first kappa shape index (κ1) is 18.5. The summed E-state index contributed by atoms with van der Waals surface area (Å²) in [7, 11) is 0. The van der Waals surface area contributed by atoms with Gasteiger partial charge in [0.1, 0.15) is 11.2 Å². The number of para-hydroxylation sites is 3. The first-order chi connectivity index (χ1) is 17.9. The van der Waals surface area contributed by atoms with Crippen LogP contribution in [0.25, 0.3) is 81.9 Å². The number of hydrogen-bond acceptors (Lipinski definition) is 1. The number of furan rings is 1. The Balaban J connectivity index is 1.42. The number of rotatable bonds is 1. The number of fused-ring (bicyclic) bond motifs is 11. The van der Waals surface area contributed by atoms with Crippen molar-refractivity contribution in [1.82, 2.24) is 4.40 Å². The lowest BCUT2D eigenvalue weighted by molar-refractivity contribution is 0.672. The molecule has 3 aromatic heterocycles. The molecular formula is C34H19NO. The standard InChI is InChI=1S/C34H19NO/c1-2-11-26-21(8-1)27(19-29-23-10-4-6-15-32(23)36-34(26)29)20-16-17-31-28(18-20)25-13-7-12-24-22-9-3-5-14-30(22)35(31)33(24)25/h1-19H. The Bertz CT molecular complexity index is 2310. The van der Waals surface area contributed by atoms with Gasteiger partial charge in [-0.25, -0.2) is 0 Å². The van der Waals surface area contributed by atoms with Crippen molar-refractivity contribution in [2.24, 2.45) is 0 Å². The average molecular weight is 458 g/mol. The number of hydrogen-bond donors (Lipinski definition) is 0. The molecule has 0 unspecified atom stereocenters. The Labute approximate surface area is 205 Å².